The van der Waals surface area contributed by atoms with Gasteiger partial charge in [-0.1, -0.05) is 6.07 Å². The van der Waals surface area contributed by atoms with E-state index in [9.17, 15) is 18.4 Å². The molecule has 1 fully saturated rings. The minimum absolute atomic E-state index is 0.257. The number of amides is 2. The second-order valence-corrected chi connectivity index (χ2v) is 7.11. The van der Waals surface area contributed by atoms with E-state index < -0.39 is 11.6 Å². The summed E-state index contributed by atoms with van der Waals surface area (Å²) < 4.78 is 27.9. The van der Waals surface area contributed by atoms with Crippen molar-refractivity contribution in [3.63, 3.8) is 0 Å². The molecule has 2 amide bonds. The summed E-state index contributed by atoms with van der Waals surface area (Å²) in [7, 11) is 3.46. The minimum Gasteiger partial charge on any atom is -0.375 e. The second-order valence-electron chi connectivity index (χ2n) is 7.11. The van der Waals surface area contributed by atoms with E-state index >= 15 is 0 Å². The normalized spacial score (nSPS) is 14.2. The predicted molar refractivity (Wildman–Crippen MR) is 104 cm³/mol. The van der Waals surface area contributed by atoms with Gasteiger partial charge in [0.1, 0.15) is 11.6 Å². The molecule has 0 unspecified atom stereocenters. The van der Waals surface area contributed by atoms with Crippen LogP contribution in [-0.4, -0.2) is 61.9 Å². The summed E-state index contributed by atoms with van der Waals surface area (Å²) in [4.78, 5) is 30.1. The first kappa shape index (κ1) is 19.8. The lowest BCUT2D eigenvalue weighted by Gasteiger charge is -2.35. The van der Waals surface area contributed by atoms with Crippen LogP contribution in [-0.2, 0) is 0 Å². The fourth-order valence-corrected chi connectivity index (χ4v) is 3.21. The number of halogens is 2. The first-order valence-corrected chi connectivity index (χ1v) is 9.09. The number of carbonyl (C=O) groups excluding carboxylic acids is 2. The molecule has 7 heteroatoms. The summed E-state index contributed by atoms with van der Waals surface area (Å²) >= 11 is 0. The molecule has 148 valence electrons. The molecule has 1 aliphatic rings. The van der Waals surface area contributed by atoms with Gasteiger partial charge in [0.15, 0.2) is 0 Å². The molecule has 5 nitrogen and oxygen atoms in total. The van der Waals surface area contributed by atoms with Crippen LogP contribution < -0.4 is 4.90 Å². The summed E-state index contributed by atoms with van der Waals surface area (Å²) in [5.41, 5.74) is 1.48. The number of benzene rings is 2. The van der Waals surface area contributed by atoms with Crippen LogP contribution in [0.3, 0.4) is 0 Å². The molecule has 3 rings (SSSR count). The number of nitrogens with zero attached hydrogens (tertiary/aromatic N) is 3. The van der Waals surface area contributed by atoms with E-state index in [1.807, 2.05) is 0 Å². The monoisotopic (exact) mass is 387 g/mol. The fourth-order valence-electron chi connectivity index (χ4n) is 3.21. The number of aryl methyl sites for hydroxylation is 1. The Kier molecular flexibility index (Phi) is 5.63. The third-order valence-electron chi connectivity index (χ3n) is 4.95. The Bertz CT molecular complexity index is 907. The first-order valence-electron chi connectivity index (χ1n) is 9.09. The Hall–Kier alpha value is -2.96. The SMILES string of the molecule is Cc1ccc(C(=O)N2CCN(C(=O)c3ccc(N(C)C)c(F)c3)CC2)cc1F. The van der Waals surface area contributed by atoms with E-state index in [-0.39, 0.29) is 17.4 Å². The molecule has 1 aliphatic heterocycles. The number of hydrogen-bond acceptors (Lipinski definition) is 3. The van der Waals surface area contributed by atoms with Crippen molar-refractivity contribution in [1.29, 1.82) is 0 Å². The van der Waals surface area contributed by atoms with E-state index in [0.29, 0.717) is 43.0 Å². The number of carbonyl (C=O) groups is 2. The largest absolute Gasteiger partial charge is 0.375 e. The average Bonchev–Trinajstić information content (AvgIpc) is 2.68. The van der Waals surface area contributed by atoms with Crippen LogP contribution >= 0.6 is 0 Å². The topological polar surface area (TPSA) is 43.9 Å². The maximum Gasteiger partial charge on any atom is 0.254 e. The predicted octanol–water partition coefficient (Wildman–Crippen LogP) is 2.94. The van der Waals surface area contributed by atoms with E-state index in [1.54, 1.807) is 60.0 Å². The number of piperazine rings is 1. The van der Waals surface area contributed by atoms with E-state index in [4.69, 9.17) is 0 Å². The standard InChI is InChI=1S/C21H23F2N3O2/c1-14-4-5-15(12-17(14)22)20(27)25-8-10-26(11-9-25)21(28)16-6-7-19(24(2)3)18(23)13-16/h4-7,12-13H,8-11H2,1-3H3. The molecule has 0 aliphatic carbocycles. The zero-order valence-electron chi connectivity index (χ0n) is 16.2. The highest BCUT2D eigenvalue weighted by atomic mass is 19.1. The summed E-state index contributed by atoms with van der Waals surface area (Å²) in [5, 5.41) is 0. The van der Waals surface area contributed by atoms with Crippen LogP contribution in [0, 0.1) is 18.6 Å². The molecule has 1 saturated heterocycles. The Morgan fingerprint density at radius 3 is 1.71 bits per heavy atom. The van der Waals surface area contributed by atoms with Gasteiger partial charge in [-0.05, 0) is 42.8 Å². The molecule has 2 aromatic carbocycles. The van der Waals surface area contributed by atoms with Gasteiger partial charge < -0.3 is 14.7 Å². The highest BCUT2D eigenvalue weighted by Crippen LogP contribution is 2.20. The van der Waals surface area contributed by atoms with Crippen molar-refractivity contribution in [2.75, 3.05) is 45.2 Å². The Labute approximate surface area is 163 Å². The molecular formula is C21H23F2N3O2. The molecule has 0 atom stereocenters. The van der Waals surface area contributed by atoms with Gasteiger partial charge in [0.25, 0.3) is 11.8 Å². The van der Waals surface area contributed by atoms with Crippen LogP contribution in [0.2, 0.25) is 0 Å². The highest BCUT2D eigenvalue weighted by Gasteiger charge is 2.26. The molecule has 0 N–H and O–H groups in total. The van der Waals surface area contributed by atoms with Gasteiger partial charge in [-0.3, -0.25) is 9.59 Å². The Balaban J connectivity index is 1.64. The van der Waals surface area contributed by atoms with Crippen molar-refractivity contribution >= 4 is 17.5 Å². The molecule has 2 aromatic rings. The lowest BCUT2D eigenvalue weighted by Crippen LogP contribution is -2.50. The summed E-state index contributed by atoms with van der Waals surface area (Å²) in [6, 6.07) is 8.85. The smallest absolute Gasteiger partial charge is 0.254 e. The maximum absolute atomic E-state index is 14.1. The molecule has 28 heavy (non-hydrogen) atoms. The van der Waals surface area contributed by atoms with Gasteiger partial charge in [-0.15, -0.1) is 0 Å². The van der Waals surface area contributed by atoms with Crippen LogP contribution in [0.25, 0.3) is 0 Å². The van der Waals surface area contributed by atoms with Crippen molar-refractivity contribution in [3.8, 4) is 0 Å². The number of anilines is 1. The summed E-state index contributed by atoms with van der Waals surface area (Å²) in [6.45, 7) is 3.02. The van der Waals surface area contributed by atoms with E-state index in [1.165, 1.54) is 12.1 Å². The van der Waals surface area contributed by atoms with Crippen LogP contribution in [0.1, 0.15) is 26.3 Å². The summed E-state index contributed by atoms with van der Waals surface area (Å²) in [6.07, 6.45) is 0. The van der Waals surface area contributed by atoms with Crippen molar-refractivity contribution in [2.24, 2.45) is 0 Å². The van der Waals surface area contributed by atoms with Crippen LogP contribution in [0.15, 0.2) is 36.4 Å². The van der Waals surface area contributed by atoms with Gasteiger partial charge >= 0.3 is 0 Å². The van der Waals surface area contributed by atoms with Gasteiger partial charge in [0.2, 0.25) is 0 Å². The van der Waals surface area contributed by atoms with Crippen molar-refractivity contribution in [2.45, 2.75) is 6.92 Å². The second kappa shape index (κ2) is 7.96. The van der Waals surface area contributed by atoms with E-state index in [0.717, 1.165) is 0 Å². The minimum atomic E-state index is -0.453. The lowest BCUT2D eigenvalue weighted by atomic mass is 10.1. The van der Waals surface area contributed by atoms with Crippen LogP contribution in [0.4, 0.5) is 14.5 Å². The zero-order valence-corrected chi connectivity index (χ0v) is 16.2. The molecule has 0 bridgehead atoms. The highest BCUT2D eigenvalue weighted by molar-refractivity contribution is 5.96. The molecule has 0 saturated carbocycles. The average molecular weight is 387 g/mol. The van der Waals surface area contributed by atoms with E-state index in [2.05, 4.69) is 0 Å². The Morgan fingerprint density at radius 1 is 0.821 bits per heavy atom. The third-order valence-corrected chi connectivity index (χ3v) is 4.95. The number of hydrogen-bond donors (Lipinski definition) is 0. The quantitative estimate of drug-likeness (QED) is 0.814. The number of rotatable bonds is 3. The molecular weight excluding hydrogens is 364 g/mol. The fraction of sp³-hybridized carbons (Fsp3) is 0.333. The van der Waals surface area contributed by atoms with Gasteiger partial charge in [-0.25, -0.2) is 8.78 Å². The molecule has 0 spiro atoms. The zero-order chi connectivity index (χ0) is 20.4. The first-order chi connectivity index (χ1) is 13.3. The molecule has 0 aromatic heterocycles. The third kappa shape index (κ3) is 3.98. The summed E-state index contributed by atoms with van der Waals surface area (Å²) in [5.74, 6) is -1.39. The molecule has 1 heterocycles. The lowest BCUT2D eigenvalue weighted by molar-refractivity contribution is 0.0535. The van der Waals surface area contributed by atoms with Gasteiger partial charge in [0, 0.05) is 51.4 Å². The molecule has 0 radical (unpaired) electrons. The van der Waals surface area contributed by atoms with Crippen molar-refractivity contribution < 1.29 is 18.4 Å². The van der Waals surface area contributed by atoms with Gasteiger partial charge in [0.05, 0.1) is 5.69 Å². The maximum atomic E-state index is 14.1. The van der Waals surface area contributed by atoms with Crippen molar-refractivity contribution in [3.05, 3.63) is 64.7 Å². The van der Waals surface area contributed by atoms with Crippen LogP contribution in [0.5, 0.6) is 0 Å². The Morgan fingerprint density at radius 2 is 1.29 bits per heavy atom. The van der Waals surface area contributed by atoms with Crippen molar-refractivity contribution in [1.82, 2.24) is 9.80 Å². The van der Waals surface area contributed by atoms with Gasteiger partial charge in [-0.2, -0.15) is 0 Å².